The smallest absolute Gasteiger partial charge is 0.243 e. The molecule has 0 fully saturated rings. The molecule has 1 unspecified atom stereocenters. The summed E-state index contributed by atoms with van der Waals surface area (Å²) >= 11 is 0. The molecule has 3 rings (SSSR count). The summed E-state index contributed by atoms with van der Waals surface area (Å²) in [5.41, 5.74) is 7.78. The summed E-state index contributed by atoms with van der Waals surface area (Å²) < 4.78 is 7.18. The predicted molar refractivity (Wildman–Crippen MR) is 68.8 cm³/mol. The predicted octanol–water partition coefficient (Wildman–Crippen LogP) is 2.25. The SMILES string of the molecule is CC(N)c1nc(-c2cc3ccccc3n2C)no1. The minimum absolute atomic E-state index is 0.249. The molecule has 0 saturated carbocycles. The zero-order chi connectivity index (χ0) is 12.7. The molecule has 1 atom stereocenters. The van der Waals surface area contributed by atoms with Crippen LogP contribution in [-0.4, -0.2) is 14.7 Å². The van der Waals surface area contributed by atoms with Crippen molar-refractivity contribution in [1.29, 1.82) is 0 Å². The van der Waals surface area contributed by atoms with E-state index in [0.717, 1.165) is 16.6 Å². The second kappa shape index (κ2) is 3.96. The van der Waals surface area contributed by atoms with Gasteiger partial charge in [-0.05, 0) is 19.1 Å². The van der Waals surface area contributed by atoms with Gasteiger partial charge < -0.3 is 14.8 Å². The van der Waals surface area contributed by atoms with Gasteiger partial charge in [0, 0.05) is 18.0 Å². The number of fused-ring (bicyclic) bond motifs is 1. The number of hydrogen-bond donors (Lipinski definition) is 1. The Morgan fingerprint density at radius 3 is 2.78 bits per heavy atom. The minimum Gasteiger partial charge on any atom is -0.341 e. The van der Waals surface area contributed by atoms with Crippen LogP contribution in [0.25, 0.3) is 22.4 Å². The first-order valence-electron chi connectivity index (χ1n) is 5.81. The van der Waals surface area contributed by atoms with Crippen LogP contribution in [0.2, 0.25) is 0 Å². The molecule has 0 aliphatic carbocycles. The highest BCUT2D eigenvalue weighted by atomic mass is 16.5. The maximum Gasteiger partial charge on any atom is 0.243 e. The number of hydrogen-bond acceptors (Lipinski definition) is 4. The normalized spacial score (nSPS) is 13.1. The fourth-order valence-electron chi connectivity index (χ4n) is 2.03. The van der Waals surface area contributed by atoms with Gasteiger partial charge in [-0.1, -0.05) is 23.4 Å². The lowest BCUT2D eigenvalue weighted by Crippen LogP contribution is -2.05. The van der Waals surface area contributed by atoms with Gasteiger partial charge in [-0.3, -0.25) is 0 Å². The topological polar surface area (TPSA) is 69.9 Å². The molecule has 1 aromatic carbocycles. The first-order valence-corrected chi connectivity index (χ1v) is 5.81. The zero-order valence-electron chi connectivity index (χ0n) is 10.3. The molecule has 92 valence electrons. The van der Waals surface area contributed by atoms with Crippen molar-refractivity contribution in [2.24, 2.45) is 12.8 Å². The van der Waals surface area contributed by atoms with Gasteiger partial charge in [0.05, 0.1) is 11.7 Å². The molecule has 5 heteroatoms. The zero-order valence-corrected chi connectivity index (χ0v) is 10.3. The third kappa shape index (κ3) is 1.60. The van der Waals surface area contributed by atoms with E-state index in [1.165, 1.54) is 0 Å². The van der Waals surface area contributed by atoms with Gasteiger partial charge in [0.2, 0.25) is 11.7 Å². The molecule has 0 aliphatic heterocycles. The van der Waals surface area contributed by atoms with Crippen molar-refractivity contribution < 1.29 is 4.52 Å². The maximum absolute atomic E-state index is 5.72. The monoisotopic (exact) mass is 242 g/mol. The van der Waals surface area contributed by atoms with Crippen molar-refractivity contribution in [1.82, 2.24) is 14.7 Å². The maximum atomic E-state index is 5.72. The number of benzene rings is 1. The van der Waals surface area contributed by atoms with Crippen LogP contribution in [0.4, 0.5) is 0 Å². The van der Waals surface area contributed by atoms with Crippen molar-refractivity contribution >= 4 is 10.9 Å². The summed E-state index contributed by atoms with van der Waals surface area (Å²) in [5, 5.41) is 5.13. The average Bonchev–Trinajstić information content (AvgIpc) is 2.95. The third-order valence-corrected chi connectivity index (χ3v) is 3.01. The van der Waals surface area contributed by atoms with Gasteiger partial charge in [0.15, 0.2) is 0 Å². The fraction of sp³-hybridized carbons (Fsp3) is 0.231. The van der Waals surface area contributed by atoms with Crippen LogP contribution < -0.4 is 5.73 Å². The number of aromatic nitrogens is 3. The van der Waals surface area contributed by atoms with Crippen LogP contribution in [-0.2, 0) is 7.05 Å². The van der Waals surface area contributed by atoms with Gasteiger partial charge in [-0.25, -0.2) is 0 Å². The molecular weight excluding hydrogens is 228 g/mol. The Labute approximate surface area is 104 Å². The Kier molecular flexibility index (Phi) is 2.41. The van der Waals surface area contributed by atoms with E-state index in [1.54, 1.807) is 0 Å². The Morgan fingerprint density at radius 2 is 2.11 bits per heavy atom. The molecule has 2 aromatic heterocycles. The number of para-hydroxylation sites is 1. The molecule has 3 aromatic rings. The largest absolute Gasteiger partial charge is 0.341 e. The second-order valence-electron chi connectivity index (χ2n) is 4.39. The first-order chi connectivity index (χ1) is 8.66. The van der Waals surface area contributed by atoms with Crippen molar-refractivity contribution in [3.05, 3.63) is 36.2 Å². The lowest BCUT2D eigenvalue weighted by molar-refractivity contribution is 0.362. The first kappa shape index (κ1) is 11.0. The molecule has 0 amide bonds. The summed E-state index contributed by atoms with van der Waals surface area (Å²) in [6.45, 7) is 1.82. The van der Waals surface area contributed by atoms with E-state index in [0.29, 0.717) is 11.7 Å². The number of rotatable bonds is 2. The molecule has 2 heterocycles. The molecule has 18 heavy (non-hydrogen) atoms. The van der Waals surface area contributed by atoms with E-state index < -0.39 is 0 Å². The quantitative estimate of drug-likeness (QED) is 0.748. The van der Waals surface area contributed by atoms with Gasteiger partial charge >= 0.3 is 0 Å². The Morgan fingerprint density at radius 1 is 1.33 bits per heavy atom. The fourth-order valence-corrected chi connectivity index (χ4v) is 2.03. The standard InChI is InChI=1S/C13H14N4O/c1-8(14)13-15-12(16-18-13)11-7-9-5-3-4-6-10(9)17(11)2/h3-8H,14H2,1-2H3. The second-order valence-corrected chi connectivity index (χ2v) is 4.39. The van der Waals surface area contributed by atoms with Crippen molar-refractivity contribution in [3.8, 4) is 11.5 Å². The highest BCUT2D eigenvalue weighted by Crippen LogP contribution is 2.25. The van der Waals surface area contributed by atoms with Crippen molar-refractivity contribution in [3.63, 3.8) is 0 Å². The van der Waals surface area contributed by atoms with E-state index in [9.17, 15) is 0 Å². The van der Waals surface area contributed by atoms with Crippen LogP contribution in [0.1, 0.15) is 18.9 Å². The summed E-state index contributed by atoms with van der Waals surface area (Å²) in [7, 11) is 1.99. The molecular formula is C13H14N4O. The van der Waals surface area contributed by atoms with Gasteiger partial charge in [0.1, 0.15) is 0 Å². The van der Waals surface area contributed by atoms with Crippen LogP contribution in [0.15, 0.2) is 34.9 Å². The van der Waals surface area contributed by atoms with Crippen LogP contribution >= 0.6 is 0 Å². The Balaban J connectivity index is 2.15. The number of nitrogens with two attached hydrogens (primary N) is 1. The van der Waals surface area contributed by atoms with Crippen LogP contribution in [0, 0.1) is 0 Å². The molecule has 0 radical (unpaired) electrons. The lowest BCUT2D eigenvalue weighted by Gasteiger charge is -1.98. The number of nitrogens with zero attached hydrogens (tertiary/aromatic N) is 3. The lowest BCUT2D eigenvalue weighted by atomic mass is 10.2. The minimum atomic E-state index is -0.249. The number of aryl methyl sites for hydroxylation is 1. The van der Waals surface area contributed by atoms with Crippen molar-refractivity contribution in [2.45, 2.75) is 13.0 Å². The van der Waals surface area contributed by atoms with E-state index in [1.807, 2.05) is 36.7 Å². The summed E-state index contributed by atoms with van der Waals surface area (Å²) in [5.74, 6) is 1.02. The van der Waals surface area contributed by atoms with E-state index in [4.69, 9.17) is 10.3 Å². The van der Waals surface area contributed by atoms with Crippen LogP contribution in [0.5, 0.6) is 0 Å². The van der Waals surface area contributed by atoms with E-state index in [2.05, 4.69) is 22.3 Å². The Bertz CT molecular complexity index is 696. The molecule has 0 saturated heterocycles. The van der Waals surface area contributed by atoms with Gasteiger partial charge in [-0.2, -0.15) is 4.98 Å². The molecule has 0 spiro atoms. The highest BCUT2D eigenvalue weighted by Gasteiger charge is 2.15. The molecule has 0 aliphatic rings. The molecule has 2 N–H and O–H groups in total. The molecule has 5 nitrogen and oxygen atoms in total. The third-order valence-electron chi connectivity index (χ3n) is 3.01. The van der Waals surface area contributed by atoms with Gasteiger partial charge in [-0.15, -0.1) is 0 Å². The van der Waals surface area contributed by atoms with Crippen LogP contribution in [0.3, 0.4) is 0 Å². The van der Waals surface area contributed by atoms with Crippen molar-refractivity contribution in [2.75, 3.05) is 0 Å². The Hall–Kier alpha value is -2.14. The summed E-state index contributed by atoms with van der Waals surface area (Å²) in [6, 6.07) is 9.94. The summed E-state index contributed by atoms with van der Waals surface area (Å²) in [6.07, 6.45) is 0. The summed E-state index contributed by atoms with van der Waals surface area (Å²) in [4.78, 5) is 4.31. The highest BCUT2D eigenvalue weighted by molar-refractivity contribution is 5.85. The molecule has 0 bridgehead atoms. The van der Waals surface area contributed by atoms with E-state index in [-0.39, 0.29) is 6.04 Å². The van der Waals surface area contributed by atoms with Gasteiger partial charge in [0.25, 0.3) is 0 Å². The average molecular weight is 242 g/mol. The van der Waals surface area contributed by atoms with E-state index >= 15 is 0 Å².